The minimum Gasteiger partial charge on any atom is -0.481 e. The van der Waals surface area contributed by atoms with Crippen LogP contribution in [0.4, 0.5) is 24.5 Å². The van der Waals surface area contributed by atoms with E-state index >= 15 is 0 Å². The lowest BCUT2D eigenvalue weighted by Crippen LogP contribution is -2.47. The monoisotopic (exact) mass is 537 g/mol. The molecule has 0 radical (unpaired) electrons. The van der Waals surface area contributed by atoms with E-state index in [1.807, 2.05) is 23.2 Å². The first-order valence-corrected chi connectivity index (χ1v) is 13.5. The molecule has 2 aromatic rings. The second-order valence-electron chi connectivity index (χ2n) is 9.36. The minimum absolute atomic E-state index is 0.109. The van der Waals surface area contributed by atoms with Crippen molar-refractivity contribution in [1.29, 1.82) is 0 Å². The number of nitrogens with zero attached hydrogens (tertiary/aromatic N) is 4. The molecule has 1 aromatic heterocycles. The van der Waals surface area contributed by atoms with Crippen LogP contribution in [-0.2, 0) is 4.79 Å². The highest BCUT2D eigenvalue weighted by Gasteiger charge is 2.29. The van der Waals surface area contributed by atoms with Gasteiger partial charge in [-0.2, -0.15) is 13.2 Å². The van der Waals surface area contributed by atoms with E-state index in [2.05, 4.69) is 20.1 Å². The number of hydrogen-bond acceptors (Lipinski definition) is 7. The number of anilines is 2. The van der Waals surface area contributed by atoms with E-state index in [1.165, 1.54) is 12.1 Å². The van der Waals surface area contributed by atoms with E-state index in [4.69, 9.17) is 4.74 Å². The number of likely N-dealkylation sites (tertiary alicyclic amines) is 1. The van der Waals surface area contributed by atoms with Gasteiger partial charge >= 0.3 is 5.51 Å². The summed E-state index contributed by atoms with van der Waals surface area (Å²) in [5.41, 5.74) is -2.37. The van der Waals surface area contributed by atoms with Gasteiger partial charge in [-0.1, -0.05) is 0 Å². The zero-order valence-corrected chi connectivity index (χ0v) is 21.9. The van der Waals surface area contributed by atoms with Crippen molar-refractivity contribution in [3.8, 4) is 5.88 Å². The maximum Gasteiger partial charge on any atom is 0.446 e. The minimum atomic E-state index is -4.28. The Morgan fingerprint density at radius 1 is 1.05 bits per heavy atom. The van der Waals surface area contributed by atoms with Gasteiger partial charge in [0.2, 0.25) is 11.8 Å². The summed E-state index contributed by atoms with van der Waals surface area (Å²) in [7, 11) is 1.61. The molecule has 2 aliphatic rings. The van der Waals surface area contributed by atoms with Crippen molar-refractivity contribution in [1.82, 2.24) is 14.8 Å². The number of benzene rings is 1. The van der Waals surface area contributed by atoms with E-state index in [0.717, 1.165) is 63.4 Å². The van der Waals surface area contributed by atoms with Gasteiger partial charge in [0.25, 0.3) is 0 Å². The number of aromatic nitrogens is 1. The number of carbonyl (C=O) groups excluding carboxylic acids is 1. The van der Waals surface area contributed by atoms with Gasteiger partial charge in [-0.25, -0.2) is 4.98 Å². The summed E-state index contributed by atoms with van der Waals surface area (Å²) in [6, 6.07) is 10.4. The zero-order chi connectivity index (χ0) is 26.3. The van der Waals surface area contributed by atoms with Crippen molar-refractivity contribution < 1.29 is 22.7 Å². The lowest BCUT2D eigenvalue weighted by Gasteiger charge is -2.36. The molecule has 0 bridgehead atoms. The normalized spacial score (nSPS) is 17.6. The highest BCUT2D eigenvalue weighted by Crippen LogP contribution is 2.37. The van der Waals surface area contributed by atoms with Crippen molar-refractivity contribution in [2.24, 2.45) is 0 Å². The Morgan fingerprint density at radius 2 is 1.76 bits per heavy atom. The lowest BCUT2D eigenvalue weighted by molar-refractivity contribution is -0.132. The summed E-state index contributed by atoms with van der Waals surface area (Å²) in [6.45, 7) is 6.13. The molecular weight excluding hydrogens is 503 g/mol. The number of alkyl halides is 3. The molecule has 4 rings (SSSR count). The third-order valence-corrected chi connectivity index (χ3v) is 7.58. The Labute approximate surface area is 220 Å². The molecule has 202 valence electrons. The van der Waals surface area contributed by atoms with Crippen molar-refractivity contribution in [2.75, 3.05) is 63.1 Å². The van der Waals surface area contributed by atoms with E-state index in [-0.39, 0.29) is 28.6 Å². The van der Waals surface area contributed by atoms with Crippen LogP contribution in [0.5, 0.6) is 5.88 Å². The van der Waals surface area contributed by atoms with Crippen molar-refractivity contribution >= 4 is 29.0 Å². The molecule has 2 aliphatic heterocycles. The largest absolute Gasteiger partial charge is 0.481 e. The Morgan fingerprint density at radius 3 is 2.35 bits per heavy atom. The van der Waals surface area contributed by atoms with E-state index < -0.39 is 5.51 Å². The molecule has 1 amide bonds. The number of rotatable bonds is 9. The summed E-state index contributed by atoms with van der Waals surface area (Å²) in [5, 5.41) is 3.39. The van der Waals surface area contributed by atoms with Crippen LogP contribution in [0, 0.1) is 0 Å². The molecular formula is C26H34F3N5O2S. The Kier molecular flexibility index (Phi) is 9.42. The quantitative estimate of drug-likeness (QED) is 0.465. The topological polar surface area (TPSA) is 60.9 Å². The number of carbonyl (C=O) groups is 1. The molecule has 0 aliphatic carbocycles. The molecule has 0 spiro atoms. The van der Waals surface area contributed by atoms with E-state index in [0.29, 0.717) is 25.4 Å². The van der Waals surface area contributed by atoms with Gasteiger partial charge in [0.1, 0.15) is 0 Å². The van der Waals surface area contributed by atoms with Crippen LogP contribution in [0.25, 0.3) is 0 Å². The Hall–Kier alpha value is -2.66. The maximum atomic E-state index is 12.7. The molecule has 1 N–H and O–H groups in total. The second kappa shape index (κ2) is 12.7. The average molecular weight is 538 g/mol. The maximum absolute atomic E-state index is 12.7. The molecule has 0 unspecified atom stereocenters. The average Bonchev–Trinajstić information content (AvgIpc) is 2.90. The molecule has 11 heteroatoms. The van der Waals surface area contributed by atoms with Gasteiger partial charge in [0.05, 0.1) is 19.0 Å². The lowest BCUT2D eigenvalue weighted by atomic mass is 10.0. The number of pyridine rings is 1. The number of nitrogens with one attached hydrogen (secondary N) is 1. The fraction of sp³-hybridized carbons (Fsp3) is 0.538. The highest BCUT2D eigenvalue weighted by molar-refractivity contribution is 8.00. The summed E-state index contributed by atoms with van der Waals surface area (Å²) in [6.07, 6.45) is 4.90. The van der Waals surface area contributed by atoms with Crippen LogP contribution in [0.15, 0.2) is 47.5 Å². The fourth-order valence-electron chi connectivity index (χ4n) is 4.78. The van der Waals surface area contributed by atoms with Crippen LogP contribution >= 0.6 is 11.8 Å². The van der Waals surface area contributed by atoms with Gasteiger partial charge in [-0.3, -0.25) is 9.69 Å². The molecule has 37 heavy (non-hydrogen) atoms. The molecule has 7 nitrogen and oxygen atoms in total. The summed E-state index contributed by atoms with van der Waals surface area (Å²) in [5.74, 6) is 0.819. The van der Waals surface area contributed by atoms with Crippen LogP contribution in [0.1, 0.15) is 25.7 Å². The number of piperazine rings is 1. The number of amides is 1. The van der Waals surface area contributed by atoms with Gasteiger partial charge in [0, 0.05) is 68.4 Å². The smallest absolute Gasteiger partial charge is 0.446 e. The SMILES string of the molecule is COc1ccc(N2CCN(CCCC(=O)N3CCC(Nc4ccc(SC(F)(F)F)cc4)CC3)CC2)cn1. The molecule has 2 saturated heterocycles. The van der Waals surface area contributed by atoms with Gasteiger partial charge in [-0.15, -0.1) is 0 Å². The third-order valence-electron chi connectivity index (χ3n) is 6.84. The molecule has 0 atom stereocenters. The number of piperidine rings is 1. The van der Waals surface area contributed by atoms with Crippen LogP contribution in [0.3, 0.4) is 0 Å². The van der Waals surface area contributed by atoms with Crippen molar-refractivity contribution in [3.05, 3.63) is 42.6 Å². The first-order valence-electron chi connectivity index (χ1n) is 12.7. The third kappa shape index (κ3) is 8.43. The molecule has 2 fully saturated rings. The standard InChI is InChI=1S/C26H34F3N5O2S/c1-36-24-9-6-22(19-30-24)33-17-15-32(16-18-33)12-2-3-25(35)34-13-10-21(11-14-34)31-20-4-7-23(8-5-20)37-26(27,28)29/h4-9,19,21,31H,2-3,10-18H2,1H3. The number of halogens is 3. The van der Waals surface area contributed by atoms with Crippen molar-refractivity contribution in [3.63, 3.8) is 0 Å². The molecule has 0 saturated carbocycles. The highest BCUT2D eigenvalue weighted by atomic mass is 32.2. The number of thioether (sulfide) groups is 1. The van der Waals surface area contributed by atoms with Gasteiger partial charge in [0.15, 0.2) is 0 Å². The summed E-state index contributed by atoms with van der Waals surface area (Å²) < 4.78 is 42.6. The van der Waals surface area contributed by atoms with Crippen LogP contribution in [-0.4, -0.2) is 85.2 Å². The van der Waals surface area contributed by atoms with Crippen molar-refractivity contribution in [2.45, 2.75) is 42.1 Å². The Balaban J connectivity index is 1.10. The van der Waals surface area contributed by atoms with Gasteiger partial charge < -0.3 is 19.9 Å². The first-order chi connectivity index (χ1) is 17.8. The number of ether oxygens (including phenoxy) is 1. The molecule has 1 aromatic carbocycles. The van der Waals surface area contributed by atoms with E-state index in [9.17, 15) is 18.0 Å². The van der Waals surface area contributed by atoms with E-state index in [1.54, 1.807) is 19.2 Å². The summed E-state index contributed by atoms with van der Waals surface area (Å²) in [4.78, 5) is 23.8. The second-order valence-corrected chi connectivity index (χ2v) is 10.5. The first kappa shape index (κ1) is 27.4. The van der Waals surface area contributed by atoms with Crippen LogP contribution < -0.4 is 15.0 Å². The number of methoxy groups -OCH3 is 1. The fourth-order valence-corrected chi connectivity index (χ4v) is 5.32. The van der Waals surface area contributed by atoms with Gasteiger partial charge in [-0.05, 0) is 67.9 Å². The predicted octanol–water partition coefficient (Wildman–Crippen LogP) is 4.71. The molecule has 3 heterocycles. The Bertz CT molecular complexity index is 991. The predicted molar refractivity (Wildman–Crippen MR) is 140 cm³/mol. The number of hydrogen-bond donors (Lipinski definition) is 1. The van der Waals surface area contributed by atoms with Crippen LogP contribution in [0.2, 0.25) is 0 Å². The summed E-state index contributed by atoms with van der Waals surface area (Å²) >= 11 is -0.109. The zero-order valence-electron chi connectivity index (χ0n) is 21.0.